The number of amides is 1. The fraction of sp³-hybridized carbons (Fsp3) is 0.214. The molecular weight excluding hydrogens is 318 g/mol. The Morgan fingerprint density at radius 1 is 1.48 bits per heavy atom. The van der Waals surface area contributed by atoms with Crippen molar-refractivity contribution in [1.82, 2.24) is 14.8 Å². The van der Waals surface area contributed by atoms with Crippen molar-refractivity contribution >= 4 is 38.3 Å². The summed E-state index contributed by atoms with van der Waals surface area (Å²) >= 11 is 1.32. The molecule has 0 saturated carbocycles. The number of aryl methyl sites for hydroxylation is 2. The lowest BCUT2D eigenvalue weighted by molar-refractivity contribution is -0.385. The molecule has 23 heavy (non-hydrogen) atoms. The maximum Gasteiger partial charge on any atom is 0.320 e. The summed E-state index contributed by atoms with van der Waals surface area (Å²) in [4.78, 5) is 27.2. The van der Waals surface area contributed by atoms with Gasteiger partial charge in [-0.05, 0) is 31.5 Å². The van der Waals surface area contributed by atoms with Gasteiger partial charge in [-0.1, -0.05) is 17.4 Å². The fourth-order valence-electron chi connectivity index (χ4n) is 2.22. The molecule has 0 radical (unpaired) electrons. The monoisotopic (exact) mass is 331 g/mol. The zero-order valence-electron chi connectivity index (χ0n) is 12.4. The highest BCUT2D eigenvalue weighted by Crippen LogP contribution is 2.28. The van der Waals surface area contributed by atoms with Crippen LogP contribution in [0.25, 0.3) is 10.2 Å². The minimum absolute atomic E-state index is 0.0760. The number of benzene rings is 1. The van der Waals surface area contributed by atoms with Crippen molar-refractivity contribution in [2.75, 3.05) is 5.32 Å². The Hall–Kier alpha value is -2.81. The SMILES string of the molecule is CCn1ncc([N+](=O)[O-])c1C(=O)Nc1nc2ccc(C)cc2s1. The maximum absolute atomic E-state index is 12.4. The van der Waals surface area contributed by atoms with E-state index in [0.29, 0.717) is 11.7 Å². The summed E-state index contributed by atoms with van der Waals surface area (Å²) in [7, 11) is 0. The first-order valence-electron chi connectivity index (χ1n) is 6.88. The quantitative estimate of drug-likeness (QED) is 0.585. The highest BCUT2D eigenvalue weighted by Gasteiger charge is 2.27. The summed E-state index contributed by atoms with van der Waals surface area (Å²) in [5.74, 6) is -0.591. The summed E-state index contributed by atoms with van der Waals surface area (Å²) in [5, 5.41) is 17.9. The maximum atomic E-state index is 12.4. The van der Waals surface area contributed by atoms with Crippen LogP contribution >= 0.6 is 11.3 Å². The zero-order chi connectivity index (χ0) is 16.6. The van der Waals surface area contributed by atoms with Gasteiger partial charge >= 0.3 is 5.69 Å². The number of thiazole rings is 1. The Bertz CT molecular complexity index is 914. The Labute approximate surface area is 134 Å². The molecule has 0 bridgehead atoms. The van der Waals surface area contributed by atoms with Gasteiger partial charge in [0.05, 0.1) is 15.1 Å². The van der Waals surface area contributed by atoms with Crippen LogP contribution in [0.15, 0.2) is 24.4 Å². The van der Waals surface area contributed by atoms with Gasteiger partial charge in [-0.2, -0.15) is 5.10 Å². The molecule has 3 aromatic rings. The first kappa shape index (κ1) is 15.1. The van der Waals surface area contributed by atoms with Crippen LogP contribution in [0.1, 0.15) is 23.0 Å². The van der Waals surface area contributed by atoms with Crippen LogP contribution in [-0.4, -0.2) is 25.6 Å². The van der Waals surface area contributed by atoms with E-state index in [0.717, 1.165) is 22.0 Å². The molecule has 1 amide bonds. The largest absolute Gasteiger partial charge is 0.320 e. The van der Waals surface area contributed by atoms with Crippen LogP contribution in [-0.2, 0) is 6.54 Å². The van der Waals surface area contributed by atoms with Crippen LogP contribution < -0.4 is 5.32 Å². The lowest BCUT2D eigenvalue weighted by atomic mass is 10.2. The van der Waals surface area contributed by atoms with Crippen LogP contribution in [0.5, 0.6) is 0 Å². The number of nitro groups is 1. The molecule has 0 saturated heterocycles. The highest BCUT2D eigenvalue weighted by molar-refractivity contribution is 7.22. The Morgan fingerprint density at radius 3 is 2.96 bits per heavy atom. The van der Waals surface area contributed by atoms with Crippen molar-refractivity contribution in [3.8, 4) is 0 Å². The number of rotatable bonds is 4. The summed E-state index contributed by atoms with van der Waals surface area (Å²) in [6.45, 7) is 4.09. The topological polar surface area (TPSA) is 103 Å². The van der Waals surface area contributed by atoms with Gasteiger partial charge in [0.25, 0.3) is 5.91 Å². The van der Waals surface area contributed by atoms with Crippen LogP contribution in [0, 0.1) is 17.0 Å². The molecule has 0 aliphatic rings. The molecule has 9 heteroatoms. The van der Waals surface area contributed by atoms with E-state index in [1.165, 1.54) is 16.0 Å². The second-order valence-corrected chi connectivity index (χ2v) is 5.93. The van der Waals surface area contributed by atoms with Crippen molar-refractivity contribution in [3.63, 3.8) is 0 Å². The molecule has 0 spiro atoms. The molecule has 1 N–H and O–H groups in total. The molecular formula is C14H13N5O3S. The molecule has 8 nitrogen and oxygen atoms in total. The van der Waals surface area contributed by atoms with Crippen molar-refractivity contribution in [1.29, 1.82) is 0 Å². The number of hydrogen-bond donors (Lipinski definition) is 1. The third-order valence-corrected chi connectivity index (χ3v) is 4.23. The van der Waals surface area contributed by atoms with E-state index in [2.05, 4.69) is 15.4 Å². The molecule has 1 aromatic carbocycles. The number of anilines is 1. The smallest absolute Gasteiger partial charge is 0.296 e. The van der Waals surface area contributed by atoms with Crippen LogP contribution in [0.3, 0.4) is 0 Å². The van der Waals surface area contributed by atoms with Gasteiger partial charge in [-0.15, -0.1) is 0 Å². The van der Waals surface area contributed by atoms with E-state index in [9.17, 15) is 14.9 Å². The van der Waals surface area contributed by atoms with Gasteiger partial charge in [-0.25, -0.2) is 4.98 Å². The number of fused-ring (bicyclic) bond motifs is 1. The summed E-state index contributed by atoms with van der Waals surface area (Å²) in [6.07, 6.45) is 1.08. The predicted molar refractivity (Wildman–Crippen MR) is 86.9 cm³/mol. The van der Waals surface area contributed by atoms with Crippen molar-refractivity contribution < 1.29 is 9.72 Å². The average Bonchev–Trinajstić information content (AvgIpc) is 3.09. The van der Waals surface area contributed by atoms with E-state index in [1.807, 2.05) is 25.1 Å². The Morgan fingerprint density at radius 2 is 2.26 bits per heavy atom. The molecule has 2 aromatic heterocycles. The first-order valence-corrected chi connectivity index (χ1v) is 7.70. The Kier molecular flexibility index (Phi) is 3.78. The lowest BCUT2D eigenvalue weighted by Crippen LogP contribution is -2.18. The summed E-state index contributed by atoms with van der Waals surface area (Å²) in [6, 6.07) is 5.78. The van der Waals surface area contributed by atoms with Gasteiger partial charge < -0.3 is 0 Å². The van der Waals surface area contributed by atoms with E-state index >= 15 is 0 Å². The number of hydrogen-bond acceptors (Lipinski definition) is 6. The molecule has 2 heterocycles. The standard InChI is InChI=1S/C14H13N5O3S/c1-3-18-12(10(7-15-18)19(21)22)13(20)17-14-16-9-5-4-8(2)6-11(9)23-14/h4-7H,3H2,1-2H3,(H,16,17,20). The van der Waals surface area contributed by atoms with Crippen molar-refractivity contribution in [3.05, 3.63) is 45.8 Å². The minimum Gasteiger partial charge on any atom is -0.296 e. The van der Waals surface area contributed by atoms with E-state index in [-0.39, 0.29) is 11.4 Å². The van der Waals surface area contributed by atoms with Gasteiger partial charge in [0.15, 0.2) is 5.13 Å². The van der Waals surface area contributed by atoms with Gasteiger partial charge in [-0.3, -0.25) is 24.9 Å². The number of nitrogens with zero attached hydrogens (tertiary/aromatic N) is 4. The van der Waals surface area contributed by atoms with E-state index in [4.69, 9.17) is 0 Å². The fourth-order valence-corrected chi connectivity index (χ4v) is 3.18. The molecule has 118 valence electrons. The van der Waals surface area contributed by atoms with Crippen molar-refractivity contribution in [2.24, 2.45) is 0 Å². The van der Waals surface area contributed by atoms with Crippen LogP contribution in [0.2, 0.25) is 0 Å². The molecule has 3 rings (SSSR count). The molecule has 0 fully saturated rings. The van der Waals surface area contributed by atoms with E-state index in [1.54, 1.807) is 6.92 Å². The number of aromatic nitrogens is 3. The number of carbonyl (C=O) groups excluding carboxylic acids is 1. The number of carbonyl (C=O) groups is 1. The Balaban J connectivity index is 1.94. The summed E-state index contributed by atoms with van der Waals surface area (Å²) < 4.78 is 2.24. The second-order valence-electron chi connectivity index (χ2n) is 4.90. The third kappa shape index (κ3) is 2.78. The van der Waals surface area contributed by atoms with Crippen LogP contribution in [0.4, 0.5) is 10.8 Å². The highest BCUT2D eigenvalue weighted by atomic mass is 32.1. The lowest BCUT2D eigenvalue weighted by Gasteiger charge is -2.03. The van der Waals surface area contributed by atoms with Gasteiger partial charge in [0, 0.05) is 6.54 Å². The molecule has 0 aliphatic heterocycles. The van der Waals surface area contributed by atoms with Gasteiger partial charge in [0.2, 0.25) is 5.69 Å². The molecule has 0 aliphatic carbocycles. The molecule has 0 unspecified atom stereocenters. The molecule has 0 atom stereocenters. The predicted octanol–water partition coefficient (Wildman–Crippen LogP) is 2.98. The first-order chi connectivity index (χ1) is 11.0. The summed E-state index contributed by atoms with van der Waals surface area (Å²) in [5.41, 5.74) is 1.47. The normalized spacial score (nSPS) is 10.9. The zero-order valence-corrected chi connectivity index (χ0v) is 13.3. The number of nitrogens with one attached hydrogen (secondary N) is 1. The second kappa shape index (κ2) is 5.76. The van der Waals surface area contributed by atoms with Crippen molar-refractivity contribution in [2.45, 2.75) is 20.4 Å². The van der Waals surface area contributed by atoms with E-state index < -0.39 is 10.8 Å². The average molecular weight is 331 g/mol. The third-order valence-electron chi connectivity index (χ3n) is 3.30. The van der Waals surface area contributed by atoms with Gasteiger partial charge in [0.1, 0.15) is 6.20 Å². The minimum atomic E-state index is -0.615.